The third-order valence-electron chi connectivity index (χ3n) is 1.25. The SMILES string of the molecule is OCCCCC(O)C(S)S. The van der Waals surface area contributed by atoms with E-state index in [0.29, 0.717) is 6.42 Å². The van der Waals surface area contributed by atoms with Crippen LogP contribution in [0.2, 0.25) is 0 Å². The number of aliphatic hydroxyl groups is 2. The third-order valence-corrected chi connectivity index (χ3v) is 1.94. The summed E-state index contributed by atoms with van der Waals surface area (Å²) in [5.41, 5.74) is 0. The molecule has 1 atom stereocenters. The molecule has 0 aromatic carbocycles. The van der Waals surface area contributed by atoms with E-state index < -0.39 is 6.10 Å². The van der Waals surface area contributed by atoms with E-state index >= 15 is 0 Å². The van der Waals surface area contributed by atoms with Gasteiger partial charge in [-0.15, -0.1) is 0 Å². The van der Waals surface area contributed by atoms with Gasteiger partial charge in [0.05, 0.1) is 10.7 Å². The lowest BCUT2D eigenvalue weighted by atomic mass is 10.2. The highest BCUT2D eigenvalue weighted by molar-refractivity contribution is 7.99. The van der Waals surface area contributed by atoms with Gasteiger partial charge in [-0.25, -0.2) is 0 Å². The topological polar surface area (TPSA) is 40.5 Å². The van der Waals surface area contributed by atoms with Crippen LogP contribution in [0.4, 0.5) is 0 Å². The van der Waals surface area contributed by atoms with Gasteiger partial charge >= 0.3 is 0 Å². The van der Waals surface area contributed by atoms with Crippen molar-refractivity contribution in [2.24, 2.45) is 0 Å². The smallest absolute Gasteiger partial charge is 0.0745 e. The molecule has 0 aliphatic rings. The minimum atomic E-state index is -0.460. The van der Waals surface area contributed by atoms with Crippen molar-refractivity contribution < 1.29 is 10.2 Å². The third kappa shape index (κ3) is 5.41. The average molecular weight is 182 g/mol. The van der Waals surface area contributed by atoms with Crippen LogP contribution in [0.25, 0.3) is 0 Å². The summed E-state index contributed by atoms with van der Waals surface area (Å²) in [7, 11) is 0. The summed E-state index contributed by atoms with van der Waals surface area (Å²) in [4.78, 5) is 0. The molecular formula is C6H14O2S2. The van der Waals surface area contributed by atoms with Crippen LogP contribution in [0, 0.1) is 0 Å². The van der Waals surface area contributed by atoms with Crippen molar-refractivity contribution in [2.45, 2.75) is 29.9 Å². The number of rotatable bonds is 5. The summed E-state index contributed by atoms with van der Waals surface area (Å²) in [5, 5.41) is 17.5. The van der Waals surface area contributed by atoms with Crippen molar-refractivity contribution in [1.82, 2.24) is 0 Å². The van der Waals surface area contributed by atoms with Crippen molar-refractivity contribution in [3.05, 3.63) is 0 Å². The first-order chi connectivity index (χ1) is 4.68. The van der Waals surface area contributed by atoms with Crippen molar-refractivity contribution in [3.63, 3.8) is 0 Å². The zero-order chi connectivity index (χ0) is 7.98. The zero-order valence-electron chi connectivity index (χ0n) is 5.77. The molecular weight excluding hydrogens is 168 g/mol. The van der Waals surface area contributed by atoms with Crippen molar-refractivity contribution in [3.8, 4) is 0 Å². The van der Waals surface area contributed by atoms with E-state index in [1.807, 2.05) is 0 Å². The van der Waals surface area contributed by atoms with E-state index in [1.54, 1.807) is 0 Å². The van der Waals surface area contributed by atoms with E-state index in [2.05, 4.69) is 25.3 Å². The van der Waals surface area contributed by atoms with Gasteiger partial charge in [-0.05, 0) is 19.3 Å². The van der Waals surface area contributed by atoms with Crippen LogP contribution in [0.5, 0.6) is 0 Å². The second kappa shape index (κ2) is 6.34. The molecule has 0 bridgehead atoms. The Morgan fingerprint density at radius 3 is 2.20 bits per heavy atom. The summed E-state index contributed by atoms with van der Waals surface area (Å²) in [6.45, 7) is 0.191. The number of thiol groups is 2. The molecule has 0 aliphatic carbocycles. The fourth-order valence-corrected chi connectivity index (χ4v) is 0.912. The molecule has 0 amide bonds. The van der Waals surface area contributed by atoms with Gasteiger partial charge in [-0.1, -0.05) is 0 Å². The monoisotopic (exact) mass is 182 g/mol. The van der Waals surface area contributed by atoms with Crippen molar-refractivity contribution in [1.29, 1.82) is 0 Å². The van der Waals surface area contributed by atoms with Crippen LogP contribution in [0.1, 0.15) is 19.3 Å². The maximum atomic E-state index is 9.12. The van der Waals surface area contributed by atoms with Gasteiger partial charge in [0.2, 0.25) is 0 Å². The van der Waals surface area contributed by atoms with Gasteiger partial charge in [-0.2, -0.15) is 25.3 Å². The molecule has 0 fully saturated rings. The Morgan fingerprint density at radius 2 is 1.80 bits per heavy atom. The lowest BCUT2D eigenvalue weighted by Gasteiger charge is -2.11. The fourth-order valence-electron chi connectivity index (χ4n) is 0.614. The van der Waals surface area contributed by atoms with E-state index in [4.69, 9.17) is 10.2 Å². The van der Waals surface area contributed by atoms with Crippen LogP contribution in [-0.4, -0.2) is 27.5 Å². The minimum absolute atomic E-state index is 0.191. The minimum Gasteiger partial charge on any atom is -0.396 e. The lowest BCUT2D eigenvalue weighted by molar-refractivity contribution is 0.173. The molecule has 0 spiro atoms. The van der Waals surface area contributed by atoms with Crippen molar-refractivity contribution in [2.75, 3.05) is 6.61 Å². The Hall–Kier alpha value is 0.620. The first-order valence-electron chi connectivity index (χ1n) is 3.33. The van der Waals surface area contributed by atoms with E-state index in [0.717, 1.165) is 12.8 Å². The van der Waals surface area contributed by atoms with Crippen molar-refractivity contribution >= 4 is 25.3 Å². The summed E-state index contributed by atoms with van der Waals surface area (Å²) < 4.78 is -0.265. The lowest BCUT2D eigenvalue weighted by Crippen LogP contribution is -2.15. The van der Waals surface area contributed by atoms with Gasteiger partial charge < -0.3 is 10.2 Å². The predicted molar refractivity (Wildman–Crippen MR) is 48.7 cm³/mol. The number of hydrogen-bond donors (Lipinski definition) is 4. The average Bonchev–Trinajstić information content (AvgIpc) is 1.88. The second-order valence-electron chi connectivity index (χ2n) is 2.20. The number of unbranched alkanes of at least 4 members (excludes halogenated alkanes) is 1. The molecule has 0 heterocycles. The van der Waals surface area contributed by atoms with E-state index in [-0.39, 0.29) is 11.2 Å². The second-order valence-corrected chi connectivity index (χ2v) is 3.72. The number of aliphatic hydroxyl groups excluding tert-OH is 2. The summed E-state index contributed by atoms with van der Waals surface area (Å²) >= 11 is 7.89. The Balaban J connectivity index is 3.13. The predicted octanol–water partition coefficient (Wildman–Crippen LogP) is 0.696. The van der Waals surface area contributed by atoms with E-state index in [1.165, 1.54) is 0 Å². The van der Waals surface area contributed by atoms with Crippen LogP contribution >= 0.6 is 25.3 Å². The molecule has 1 unspecified atom stereocenters. The Kier molecular flexibility index (Phi) is 6.73. The standard InChI is InChI=1S/C6H14O2S2/c7-4-2-1-3-5(8)6(9)10/h5-10H,1-4H2. The van der Waals surface area contributed by atoms with Gasteiger partial charge in [-0.3, -0.25) is 0 Å². The van der Waals surface area contributed by atoms with Crippen LogP contribution < -0.4 is 0 Å². The van der Waals surface area contributed by atoms with E-state index in [9.17, 15) is 0 Å². The summed E-state index contributed by atoms with van der Waals surface area (Å²) in [6.07, 6.45) is 1.77. The molecule has 2 N–H and O–H groups in total. The molecule has 0 rings (SSSR count). The zero-order valence-corrected chi connectivity index (χ0v) is 7.56. The fraction of sp³-hybridized carbons (Fsp3) is 1.00. The Morgan fingerprint density at radius 1 is 1.20 bits per heavy atom. The molecule has 0 radical (unpaired) electrons. The van der Waals surface area contributed by atoms with Crippen LogP contribution in [0.3, 0.4) is 0 Å². The first kappa shape index (κ1) is 10.6. The number of hydrogen-bond acceptors (Lipinski definition) is 4. The Bertz CT molecular complexity index is 78.1. The van der Waals surface area contributed by atoms with Gasteiger partial charge in [0.15, 0.2) is 0 Å². The molecule has 2 nitrogen and oxygen atoms in total. The quantitative estimate of drug-likeness (QED) is 0.287. The first-order valence-corrected chi connectivity index (χ1v) is 4.37. The molecule has 0 saturated carbocycles. The normalized spacial score (nSPS) is 14.1. The maximum Gasteiger partial charge on any atom is 0.0745 e. The molecule has 0 aromatic heterocycles. The molecule has 0 saturated heterocycles. The largest absolute Gasteiger partial charge is 0.396 e. The highest BCUT2D eigenvalue weighted by Gasteiger charge is 2.08. The molecule has 0 aromatic rings. The van der Waals surface area contributed by atoms with Crippen LogP contribution in [0.15, 0.2) is 0 Å². The molecule has 0 aliphatic heterocycles. The molecule has 10 heavy (non-hydrogen) atoms. The summed E-state index contributed by atoms with van der Waals surface area (Å²) in [6, 6.07) is 0. The molecule has 62 valence electrons. The van der Waals surface area contributed by atoms with Gasteiger partial charge in [0.1, 0.15) is 0 Å². The van der Waals surface area contributed by atoms with Gasteiger partial charge in [0, 0.05) is 6.61 Å². The summed E-state index contributed by atoms with van der Waals surface area (Å²) in [5.74, 6) is 0. The highest BCUT2D eigenvalue weighted by Crippen LogP contribution is 2.12. The van der Waals surface area contributed by atoms with Gasteiger partial charge in [0.25, 0.3) is 0 Å². The highest BCUT2D eigenvalue weighted by atomic mass is 32.2. The maximum absolute atomic E-state index is 9.12. The molecule has 4 heteroatoms. The van der Waals surface area contributed by atoms with Crippen LogP contribution in [-0.2, 0) is 0 Å². The Labute approximate surface area is 72.5 Å².